The molecule has 5 N–H and O–H groups in total. The molecule has 6 saturated carbocycles. The van der Waals surface area contributed by atoms with Gasteiger partial charge in [-0.15, -0.1) is 12.4 Å². The average Bonchev–Trinajstić information content (AvgIpc) is 1.56. The molecule has 0 spiro atoms. The first-order chi connectivity index (χ1) is 54.1. The molecule has 4 aromatic rings. The minimum absolute atomic E-state index is 0. The fourth-order valence-electron chi connectivity index (χ4n) is 16.8. The number of rotatable bonds is 16. The Bertz CT molecular complexity index is 4610. The third-order valence-electron chi connectivity index (χ3n) is 24.8. The smallest absolute Gasteiger partial charge is 0.326 e. The van der Waals surface area contributed by atoms with Crippen LogP contribution in [0.1, 0.15) is 209 Å². The number of ketones is 1. The van der Waals surface area contributed by atoms with Crippen LogP contribution in [0.2, 0.25) is 0 Å². The number of Topliss-reactive ketones (excluding diaryl/α,β-unsaturated/α-hetero) is 1. The first-order valence-electron chi connectivity index (χ1n) is 40.4. The van der Waals surface area contributed by atoms with Crippen molar-refractivity contribution in [3.8, 4) is 23.3 Å². The quantitative estimate of drug-likeness (QED) is 0.0598. The maximum atomic E-state index is 14.8. The molecule has 117 heavy (non-hydrogen) atoms. The third kappa shape index (κ3) is 21.7. The Balaban J connectivity index is 0.000000209. The van der Waals surface area contributed by atoms with E-state index in [1.807, 2.05) is 64.5 Å². The number of aromatic nitrogens is 4. The van der Waals surface area contributed by atoms with Gasteiger partial charge in [-0.3, -0.25) is 43.0 Å². The van der Waals surface area contributed by atoms with E-state index in [4.69, 9.17) is 54.1 Å². The van der Waals surface area contributed by atoms with E-state index in [0.717, 1.165) is 75.4 Å². The second-order valence-corrected chi connectivity index (χ2v) is 39.6. The minimum Gasteiger partial charge on any atom is -0.497 e. The molecule has 2 aromatic heterocycles. The molecule has 8 fully saturated rings. The van der Waals surface area contributed by atoms with Crippen molar-refractivity contribution in [3.63, 3.8) is 0 Å². The normalized spacial score (nSPS) is 30.2. The van der Waals surface area contributed by atoms with Gasteiger partial charge in [0.1, 0.15) is 53.3 Å². The lowest BCUT2D eigenvalue weighted by Crippen LogP contribution is -2.50. The molecule has 6 heterocycles. The van der Waals surface area contributed by atoms with E-state index in [2.05, 4.69) is 4.72 Å². The van der Waals surface area contributed by atoms with Crippen LogP contribution in [0.25, 0.3) is 22.1 Å². The van der Waals surface area contributed by atoms with Gasteiger partial charge in [-0.25, -0.2) is 59.1 Å². The summed E-state index contributed by atoms with van der Waals surface area (Å²) in [5.74, 6) is -7.20. The number of carbonyl (C=O) groups excluding carboxylic acids is 7. The van der Waals surface area contributed by atoms with Crippen molar-refractivity contribution < 1.29 is 106 Å². The number of aryl methyl sites for hydroxylation is 2. The van der Waals surface area contributed by atoms with Crippen LogP contribution >= 0.6 is 12.4 Å². The molecule has 2 aromatic carbocycles. The highest BCUT2D eigenvalue weighted by atomic mass is 35.5. The Morgan fingerprint density at radius 2 is 1.00 bits per heavy atom. The largest absolute Gasteiger partial charge is 0.497 e. The average molecular weight is 1710 g/mol. The summed E-state index contributed by atoms with van der Waals surface area (Å²) in [6.07, 6.45) is 3.11. The highest BCUT2D eigenvalue weighted by Crippen LogP contribution is 2.59. The van der Waals surface area contributed by atoms with E-state index in [0.29, 0.717) is 84.1 Å². The summed E-state index contributed by atoms with van der Waals surface area (Å²) in [5.41, 5.74) is 5.02. The number of sulfonamides is 2. The number of nitrogens with one attached hydrogen (secondary N) is 2. The summed E-state index contributed by atoms with van der Waals surface area (Å²) in [6.45, 7) is 14.7. The second kappa shape index (κ2) is 36.2. The molecule has 6 aliphatic carbocycles. The number of hydrogen-bond donors (Lipinski definition) is 4. The Kier molecular flexibility index (Phi) is 28.3. The van der Waals surface area contributed by atoms with Gasteiger partial charge < -0.3 is 49.1 Å². The molecule has 14 rings (SSSR count). The van der Waals surface area contributed by atoms with Gasteiger partial charge >= 0.3 is 17.9 Å². The second-order valence-electron chi connectivity index (χ2n) is 35.6. The lowest BCUT2D eigenvalue weighted by atomic mass is 9.77. The molecule has 0 unspecified atom stereocenters. The summed E-state index contributed by atoms with van der Waals surface area (Å²) >= 11 is 0. The first-order valence-corrected chi connectivity index (χ1v) is 43.5. The fourth-order valence-corrected chi connectivity index (χ4v) is 19.6. The number of nitrogens with two attached hydrogens (primary N) is 1. The third-order valence-corrected chi connectivity index (χ3v) is 28.5. The topological polar surface area (TPSA) is 389 Å². The summed E-state index contributed by atoms with van der Waals surface area (Å²) in [6, 6.07) is 8.59. The van der Waals surface area contributed by atoms with Crippen LogP contribution in [0, 0.1) is 63.6 Å². The Labute approximate surface area is 687 Å². The summed E-state index contributed by atoms with van der Waals surface area (Å²) < 4.78 is 140. The Hall–Kier alpha value is -7.85. The van der Waals surface area contributed by atoms with Gasteiger partial charge in [0.25, 0.3) is 5.91 Å². The van der Waals surface area contributed by atoms with Gasteiger partial charge in [0.15, 0.2) is 5.78 Å². The lowest BCUT2D eigenvalue weighted by molar-refractivity contribution is -0.157. The number of aliphatic carboxylic acids is 1. The molecule has 2 saturated heterocycles. The van der Waals surface area contributed by atoms with E-state index in [9.17, 15) is 77.9 Å². The molecule has 16 atom stereocenters. The van der Waals surface area contributed by atoms with Crippen molar-refractivity contribution in [3.05, 3.63) is 47.8 Å². The van der Waals surface area contributed by atoms with Crippen molar-refractivity contribution in [1.82, 2.24) is 39.2 Å². The number of benzene rings is 2. The first kappa shape index (κ1) is 91.5. The summed E-state index contributed by atoms with van der Waals surface area (Å²) in [5, 5.41) is 8.94. The number of esters is 2. The van der Waals surface area contributed by atoms with E-state index < -0.39 is 186 Å². The van der Waals surface area contributed by atoms with Crippen molar-refractivity contribution >= 4 is 102 Å². The zero-order valence-electron chi connectivity index (χ0n) is 67.3. The standard InChI is InChI=1S/C41H54F2N4O9S.C31H41N3O7.C9H14F2N2O3S.CH4.ClH/c1-22-33-21-47(36(22)31(48)20-41(19-24(41)16-34(42)43)39(51)46-57(52,53)26-12-13-26)38(50)27(40(2,3)4)18-35(49)55-32-15-23(32)9-7-6-8-10-29-37(56-33)45-30-17-25(54-5)11-14-28(30)44-29;1-17-25-16-34(27(17)30(37)38)29(36)20(31(2,3)4)15-26(35)40-24-13-18(24)9-7-6-8-10-22-28(41-25)33-23-14-19(39-5)11-12-21(23)32-22;10-7(11)3-5-4-9(5,12)8(14)13-17(15,16)6-1-2-6;;/h11,14,17,22-24,26-27,32-34,36H,6-10,12-13,15-16,18-21H2,1-5H3,(H,46,51);11-12,14,17-18,20,24-25,27H,6-10,13,15-16H2,1-5H3,(H,37,38);5-7H,1-4,12H2,(H,13,14);1H4;1H/t22-,23-,24-,27-,32-,33+,36+,41-;17-,18-,20-,24-,25+,27+;5-,9-;;/m111../s1. The van der Waals surface area contributed by atoms with Crippen molar-refractivity contribution in [2.45, 2.75) is 276 Å². The lowest BCUT2D eigenvalue weighted by Gasteiger charge is -2.35. The van der Waals surface area contributed by atoms with Crippen LogP contribution in [0.3, 0.4) is 0 Å². The SMILES string of the molecule is C.COc1ccc2nc3c(nc2c1)O[C@H]1CN(C(=O)[C@H](C(C)(C)C)CC(=O)O[C@@H]2C[C@H]2CCCCC3)[C@H](C(=O)C[C@]2(C(=O)NS(=O)(=O)C3CC3)C[C@H]2CC(F)F)[C@@H]1C.COc1ccc2nc3c(nc2c1)O[C@H]1CN(C(=O)[C@H](C(C)(C)C)CC(=O)O[C@@H]2C[C@H]2CCCCC3)[C@H](C(=O)O)[C@@H]1C.Cl.N[C@]1(C(=O)NS(=O)(=O)C2CC2)C[C@H]1CC(F)F. The number of carboxylic acid groups (broad SMARTS) is 1. The zero-order valence-corrected chi connectivity index (χ0v) is 69.8. The van der Waals surface area contributed by atoms with E-state index in [1.54, 1.807) is 46.3 Å². The number of ether oxygens (including phenoxy) is 6. The van der Waals surface area contributed by atoms with E-state index in [-0.39, 0.29) is 88.5 Å². The Morgan fingerprint density at radius 3 is 1.41 bits per heavy atom. The molecule has 35 heteroatoms. The Morgan fingerprint density at radius 1 is 0.581 bits per heavy atom. The number of carboxylic acids is 1. The molecule has 4 aliphatic heterocycles. The van der Waals surface area contributed by atoms with Gasteiger partial charge in [0.2, 0.25) is 62.4 Å². The monoisotopic (exact) mass is 1700 g/mol. The van der Waals surface area contributed by atoms with Gasteiger partial charge in [0.05, 0.1) is 102 Å². The molecular weight excluding hydrogens is 1590 g/mol. The highest BCUT2D eigenvalue weighted by molar-refractivity contribution is 7.91. The minimum atomic E-state index is -4.04. The van der Waals surface area contributed by atoms with Crippen molar-refractivity contribution in [2.75, 3.05) is 27.3 Å². The number of nitrogens with zero attached hydrogens (tertiary/aromatic N) is 6. The van der Waals surface area contributed by atoms with Gasteiger partial charge in [-0.05, 0) is 149 Å². The zero-order chi connectivity index (χ0) is 83.3. The molecule has 4 amide bonds. The van der Waals surface area contributed by atoms with Crippen molar-refractivity contribution in [1.29, 1.82) is 0 Å². The molecule has 0 radical (unpaired) electrons. The predicted molar refractivity (Wildman–Crippen MR) is 424 cm³/mol. The summed E-state index contributed by atoms with van der Waals surface area (Å²) in [4.78, 5) is 130. The number of amides is 4. The van der Waals surface area contributed by atoms with E-state index >= 15 is 0 Å². The van der Waals surface area contributed by atoms with E-state index in [1.165, 1.54) is 9.80 Å². The predicted octanol–water partition coefficient (Wildman–Crippen LogP) is 11.0. The van der Waals surface area contributed by atoms with Crippen molar-refractivity contribution in [2.24, 2.45) is 69.3 Å². The van der Waals surface area contributed by atoms with Crippen LogP contribution in [0.15, 0.2) is 36.4 Å². The van der Waals surface area contributed by atoms with Crippen LogP contribution in [-0.4, -0.2) is 192 Å². The molecule has 10 aliphatic rings. The molecule has 28 nitrogen and oxygen atoms in total. The molecule has 4 bridgehead atoms. The van der Waals surface area contributed by atoms with Crippen LogP contribution in [0.5, 0.6) is 23.3 Å². The van der Waals surface area contributed by atoms with Gasteiger partial charge in [-0.1, -0.05) is 88.5 Å². The number of carbonyl (C=O) groups is 8. The number of halogens is 5. The molecule has 648 valence electrons. The number of alkyl halides is 4. The number of methoxy groups -OCH3 is 2. The fraction of sp³-hybridized carbons (Fsp3) is 0.707. The van der Waals surface area contributed by atoms with Crippen LogP contribution in [-0.2, 0) is 80.7 Å². The van der Waals surface area contributed by atoms with Crippen LogP contribution < -0.4 is 34.1 Å². The maximum absolute atomic E-state index is 14.8. The number of fused-ring (bicyclic) bond motifs is 10. The molecular formula is C82H114ClF4N9O19S2. The van der Waals surface area contributed by atoms with Crippen LogP contribution in [0.4, 0.5) is 17.6 Å². The van der Waals surface area contributed by atoms with Gasteiger partial charge in [0, 0.05) is 43.2 Å². The highest BCUT2D eigenvalue weighted by Gasteiger charge is 2.64. The summed E-state index contributed by atoms with van der Waals surface area (Å²) in [7, 11) is -4.55. The number of hydrogen-bond acceptors (Lipinski definition) is 23. The maximum Gasteiger partial charge on any atom is 0.326 e. The van der Waals surface area contributed by atoms with Gasteiger partial charge in [-0.2, -0.15) is 0 Å².